The molecule has 0 aromatic heterocycles. The van der Waals surface area contributed by atoms with Gasteiger partial charge < -0.3 is 5.11 Å². The molecule has 0 aromatic carbocycles. The molecule has 2 heteroatoms. The SMILES string of the molecule is CCCCCC/C=C\CCCCCCCCC[C@H](CC)C(=O)O. The van der Waals surface area contributed by atoms with Crippen molar-refractivity contribution in [2.75, 3.05) is 0 Å². The monoisotopic (exact) mass is 324 g/mol. The Kier molecular flexibility index (Phi) is 17.0. The zero-order chi connectivity index (χ0) is 17.2. The zero-order valence-electron chi connectivity index (χ0n) is 15.7. The molecule has 2 nitrogen and oxygen atoms in total. The molecular weight excluding hydrogens is 284 g/mol. The molecule has 0 rings (SSSR count). The van der Waals surface area contributed by atoms with E-state index in [0.29, 0.717) is 0 Å². The van der Waals surface area contributed by atoms with Crippen molar-refractivity contribution in [1.82, 2.24) is 0 Å². The molecule has 136 valence electrons. The van der Waals surface area contributed by atoms with Crippen LogP contribution in [0.5, 0.6) is 0 Å². The van der Waals surface area contributed by atoms with Crippen molar-refractivity contribution in [2.24, 2.45) is 5.92 Å². The lowest BCUT2D eigenvalue weighted by molar-refractivity contribution is -0.142. The van der Waals surface area contributed by atoms with Crippen LogP contribution in [0.3, 0.4) is 0 Å². The average Bonchev–Trinajstić information content (AvgIpc) is 2.54. The molecular formula is C21H40O2. The predicted octanol–water partition coefficient (Wildman–Crippen LogP) is 7.13. The van der Waals surface area contributed by atoms with Crippen LogP contribution in [-0.2, 0) is 4.79 Å². The maximum absolute atomic E-state index is 10.9. The van der Waals surface area contributed by atoms with Crippen LogP contribution in [-0.4, -0.2) is 11.1 Å². The van der Waals surface area contributed by atoms with Crippen LogP contribution < -0.4 is 0 Å². The molecule has 0 aromatic rings. The van der Waals surface area contributed by atoms with Gasteiger partial charge in [0, 0.05) is 0 Å². The summed E-state index contributed by atoms with van der Waals surface area (Å²) >= 11 is 0. The van der Waals surface area contributed by atoms with Gasteiger partial charge in [-0.25, -0.2) is 0 Å². The first-order valence-corrected chi connectivity index (χ1v) is 10.1. The van der Waals surface area contributed by atoms with Crippen molar-refractivity contribution in [3.63, 3.8) is 0 Å². The highest BCUT2D eigenvalue weighted by atomic mass is 16.4. The highest BCUT2D eigenvalue weighted by Crippen LogP contribution is 2.16. The Hall–Kier alpha value is -0.790. The topological polar surface area (TPSA) is 37.3 Å². The fourth-order valence-corrected chi connectivity index (χ4v) is 2.96. The number of allylic oxidation sites excluding steroid dienone is 2. The van der Waals surface area contributed by atoms with Crippen LogP contribution in [0.2, 0.25) is 0 Å². The number of unbranched alkanes of at least 4 members (excludes halogenated alkanes) is 11. The summed E-state index contributed by atoms with van der Waals surface area (Å²) in [6.07, 6.45) is 23.1. The lowest BCUT2D eigenvalue weighted by Gasteiger charge is -2.08. The number of carboxylic acids is 1. The molecule has 23 heavy (non-hydrogen) atoms. The lowest BCUT2D eigenvalue weighted by atomic mass is 9.98. The van der Waals surface area contributed by atoms with E-state index >= 15 is 0 Å². The molecule has 0 aliphatic rings. The van der Waals surface area contributed by atoms with Gasteiger partial charge in [-0.2, -0.15) is 0 Å². The Morgan fingerprint density at radius 2 is 1.26 bits per heavy atom. The molecule has 0 spiro atoms. The molecule has 0 fully saturated rings. The zero-order valence-corrected chi connectivity index (χ0v) is 15.7. The molecule has 1 N–H and O–H groups in total. The summed E-state index contributed by atoms with van der Waals surface area (Å²) in [6.45, 7) is 4.23. The summed E-state index contributed by atoms with van der Waals surface area (Å²) in [5.41, 5.74) is 0. The van der Waals surface area contributed by atoms with Gasteiger partial charge in [0.25, 0.3) is 0 Å². The number of hydrogen-bond acceptors (Lipinski definition) is 1. The van der Waals surface area contributed by atoms with Gasteiger partial charge in [-0.3, -0.25) is 4.79 Å². The molecule has 0 aliphatic heterocycles. The summed E-state index contributed by atoms with van der Waals surface area (Å²) in [5, 5.41) is 8.98. The van der Waals surface area contributed by atoms with Crippen molar-refractivity contribution >= 4 is 5.97 Å². The third-order valence-corrected chi connectivity index (χ3v) is 4.66. The fourth-order valence-electron chi connectivity index (χ4n) is 2.96. The molecule has 0 aliphatic carbocycles. The Labute approximate surface area is 144 Å². The molecule has 1 atom stereocenters. The van der Waals surface area contributed by atoms with E-state index in [2.05, 4.69) is 19.1 Å². The van der Waals surface area contributed by atoms with E-state index in [-0.39, 0.29) is 5.92 Å². The Bertz CT molecular complexity index is 284. The number of aliphatic carboxylic acids is 1. The molecule has 0 saturated heterocycles. The van der Waals surface area contributed by atoms with Crippen molar-refractivity contribution in [2.45, 2.75) is 110 Å². The first kappa shape index (κ1) is 22.2. The van der Waals surface area contributed by atoms with Crippen LogP contribution >= 0.6 is 0 Å². The lowest BCUT2D eigenvalue weighted by Crippen LogP contribution is -2.12. The highest BCUT2D eigenvalue weighted by molar-refractivity contribution is 5.69. The molecule has 0 saturated carbocycles. The predicted molar refractivity (Wildman–Crippen MR) is 101 cm³/mol. The Balaban J connectivity index is 3.21. The van der Waals surface area contributed by atoms with Crippen LogP contribution in [0.4, 0.5) is 0 Å². The van der Waals surface area contributed by atoms with Crippen LogP contribution in [0.15, 0.2) is 12.2 Å². The second kappa shape index (κ2) is 17.6. The van der Waals surface area contributed by atoms with Crippen molar-refractivity contribution in [1.29, 1.82) is 0 Å². The van der Waals surface area contributed by atoms with Crippen molar-refractivity contribution in [3.8, 4) is 0 Å². The molecule has 0 unspecified atom stereocenters. The van der Waals surface area contributed by atoms with Crippen molar-refractivity contribution < 1.29 is 9.90 Å². The van der Waals surface area contributed by atoms with Crippen LogP contribution in [0, 0.1) is 5.92 Å². The Morgan fingerprint density at radius 1 is 0.783 bits per heavy atom. The largest absolute Gasteiger partial charge is 0.481 e. The quantitative estimate of drug-likeness (QED) is 0.228. The molecule has 0 bridgehead atoms. The van der Waals surface area contributed by atoms with Crippen molar-refractivity contribution in [3.05, 3.63) is 12.2 Å². The Morgan fingerprint density at radius 3 is 1.74 bits per heavy atom. The average molecular weight is 325 g/mol. The smallest absolute Gasteiger partial charge is 0.306 e. The minimum Gasteiger partial charge on any atom is -0.481 e. The fraction of sp³-hybridized carbons (Fsp3) is 0.857. The summed E-state index contributed by atoms with van der Waals surface area (Å²) < 4.78 is 0. The van der Waals surface area contributed by atoms with Gasteiger partial charge in [0.2, 0.25) is 0 Å². The summed E-state index contributed by atoms with van der Waals surface area (Å²) in [7, 11) is 0. The van der Waals surface area contributed by atoms with Gasteiger partial charge in [0.15, 0.2) is 0 Å². The van der Waals surface area contributed by atoms with E-state index in [0.717, 1.165) is 19.3 Å². The maximum Gasteiger partial charge on any atom is 0.306 e. The van der Waals surface area contributed by atoms with Gasteiger partial charge >= 0.3 is 5.97 Å². The van der Waals surface area contributed by atoms with Crippen LogP contribution in [0.25, 0.3) is 0 Å². The number of rotatable bonds is 17. The first-order chi connectivity index (χ1) is 11.2. The van der Waals surface area contributed by atoms with E-state index in [1.165, 1.54) is 77.0 Å². The van der Waals surface area contributed by atoms with E-state index < -0.39 is 5.97 Å². The van der Waals surface area contributed by atoms with E-state index in [1.54, 1.807) is 0 Å². The standard InChI is InChI=1S/C21H40O2/c1-3-5-6-7-8-9-10-11-12-13-14-15-16-17-18-19-20(4-2)21(22)23/h9-10,20H,3-8,11-19H2,1-2H3,(H,22,23)/b10-9-/t20-/m0/s1. The second-order valence-corrected chi connectivity index (χ2v) is 6.82. The summed E-state index contributed by atoms with van der Waals surface area (Å²) in [4.78, 5) is 10.9. The second-order valence-electron chi connectivity index (χ2n) is 6.82. The van der Waals surface area contributed by atoms with Crippen LogP contribution in [0.1, 0.15) is 110 Å². The summed E-state index contributed by atoms with van der Waals surface area (Å²) in [5.74, 6) is -0.741. The number of carbonyl (C=O) groups is 1. The number of hydrogen-bond donors (Lipinski definition) is 1. The third kappa shape index (κ3) is 15.9. The van der Waals surface area contributed by atoms with Gasteiger partial charge in [-0.1, -0.05) is 83.8 Å². The third-order valence-electron chi connectivity index (χ3n) is 4.66. The highest BCUT2D eigenvalue weighted by Gasteiger charge is 2.13. The van der Waals surface area contributed by atoms with E-state index in [9.17, 15) is 4.79 Å². The van der Waals surface area contributed by atoms with Gasteiger partial charge in [0.1, 0.15) is 0 Å². The molecule has 0 amide bonds. The van der Waals surface area contributed by atoms with E-state index in [1.807, 2.05) is 6.92 Å². The normalized spacial score (nSPS) is 12.8. The number of carboxylic acid groups (broad SMARTS) is 1. The molecule has 0 heterocycles. The minimum absolute atomic E-state index is 0.122. The first-order valence-electron chi connectivity index (χ1n) is 10.1. The summed E-state index contributed by atoms with van der Waals surface area (Å²) in [6, 6.07) is 0. The minimum atomic E-state index is -0.620. The van der Waals surface area contributed by atoms with E-state index in [4.69, 9.17) is 5.11 Å². The maximum atomic E-state index is 10.9. The van der Waals surface area contributed by atoms with Gasteiger partial charge in [-0.05, 0) is 38.5 Å². The molecule has 0 radical (unpaired) electrons. The van der Waals surface area contributed by atoms with Gasteiger partial charge in [0.05, 0.1) is 5.92 Å². The van der Waals surface area contributed by atoms with Gasteiger partial charge in [-0.15, -0.1) is 0 Å².